The van der Waals surface area contributed by atoms with Crippen molar-refractivity contribution in [3.63, 3.8) is 0 Å². The van der Waals surface area contributed by atoms with E-state index in [1.165, 1.54) is 6.07 Å². The molecule has 0 spiro atoms. The van der Waals surface area contributed by atoms with Crippen molar-refractivity contribution >= 4 is 34.2 Å². The monoisotopic (exact) mass is 327 g/mol. The van der Waals surface area contributed by atoms with Crippen molar-refractivity contribution in [3.8, 4) is 0 Å². The van der Waals surface area contributed by atoms with E-state index in [1.807, 2.05) is 27.7 Å². The van der Waals surface area contributed by atoms with Gasteiger partial charge in [0.15, 0.2) is 0 Å². The van der Waals surface area contributed by atoms with Crippen molar-refractivity contribution in [2.24, 2.45) is 0 Å². The zero-order valence-electron chi connectivity index (χ0n) is 11.3. The van der Waals surface area contributed by atoms with Gasteiger partial charge >= 0.3 is 7.12 Å². The van der Waals surface area contributed by atoms with Crippen LogP contribution in [0.1, 0.15) is 27.7 Å². The summed E-state index contributed by atoms with van der Waals surface area (Å²) in [5.41, 5.74) is -0.0610. The lowest BCUT2D eigenvalue weighted by atomic mass is 9.79. The van der Waals surface area contributed by atoms with E-state index in [1.54, 1.807) is 12.1 Å². The van der Waals surface area contributed by atoms with Crippen molar-refractivity contribution in [1.29, 1.82) is 0 Å². The fourth-order valence-corrected chi connectivity index (χ4v) is 2.34. The summed E-state index contributed by atoms with van der Waals surface area (Å²) in [6.45, 7) is 7.86. The SMILES string of the molecule is CC1(C)OB(c2ccc([N+](=O)[O-])c(Br)c2)OC1(C)C. The van der Waals surface area contributed by atoms with Crippen LogP contribution in [0.2, 0.25) is 0 Å². The van der Waals surface area contributed by atoms with Crippen molar-refractivity contribution < 1.29 is 14.2 Å². The van der Waals surface area contributed by atoms with Gasteiger partial charge in [0.25, 0.3) is 5.69 Å². The summed E-state index contributed by atoms with van der Waals surface area (Å²) in [6.07, 6.45) is 0. The van der Waals surface area contributed by atoms with Crippen LogP contribution >= 0.6 is 15.9 Å². The Morgan fingerprint density at radius 2 is 1.74 bits per heavy atom. The molecular weight excluding hydrogens is 313 g/mol. The van der Waals surface area contributed by atoms with E-state index in [-0.39, 0.29) is 5.69 Å². The highest BCUT2D eigenvalue weighted by Gasteiger charge is 2.51. The topological polar surface area (TPSA) is 61.6 Å². The van der Waals surface area contributed by atoms with Crippen molar-refractivity contribution in [1.82, 2.24) is 0 Å². The quantitative estimate of drug-likeness (QED) is 0.476. The maximum atomic E-state index is 10.8. The van der Waals surface area contributed by atoms with E-state index in [0.29, 0.717) is 4.47 Å². The molecule has 1 aromatic carbocycles. The molecule has 0 atom stereocenters. The van der Waals surface area contributed by atoms with Crippen LogP contribution in [0.25, 0.3) is 0 Å². The van der Waals surface area contributed by atoms with Gasteiger partial charge in [0, 0.05) is 6.07 Å². The molecule has 1 aliphatic heterocycles. The molecule has 0 bridgehead atoms. The first kappa shape index (κ1) is 14.5. The molecule has 0 unspecified atom stereocenters. The second-order valence-electron chi connectivity index (χ2n) is 5.56. The first-order valence-electron chi connectivity index (χ1n) is 5.93. The lowest BCUT2D eigenvalue weighted by molar-refractivity contribution is -0.385. The Labute approximate surface area is 120 Å². The molecular formula is C12H15BBrNO4. The molecule has 0 radical (unpaired) electrons. The molecule has 1 heterocycles. The predicted octanol–water partition coefficient (Wildman–Crippen LogP) is 2.66. The van der Waals surface area contributed by atoms with E-state index in [0.717, 1.165) is 5.46 Å². The number of halogens is 1. The van der Waals surface area contributed by atoms with Gasteiger partial charge in [-0.05, 0) is 55.2 Å². The number of hydrogen-bond acceptors (Lipinski definition) is 4. The Bertz CT molecular complexity index is 516. The van der Waals surface area contributed by atoms with Gasteiger partial charge in [-0.2, -0.15) is 0 Å². The Morgan fingerprint density at radius 1 is 1.21 bits per heavy atom. The van der Waals surface area contributed by atoms with Gasteiger partial charge in [-0.15, -0.1) is 0 Å². The maximum absolute atomic E-state index is 10.8. The minimum absolute atomic E-state index is 0.0280. The van der Waals surface area contributed by atoms with Crippen LogP contribution < -0.4 is 5.46 Å². The highest BCUT2D eigenvalue weighted by atomic mass is 79.9. The molecule has 0 amide bonds. The van der Waals surface area contributed by atoms with Crippen LogP contribution in [-0.2, 0) is 9.31 Å². The summed E-state index contributed by atoms with van der Waals surface area (Å²) in [6, 6.07) is 4.77. The molecule has 0 aromatic heterocycles. The molecule has 0 saturated carbocycles. The highest BCUT2D eigenvalue weighted by Crippen LogP contribution is 2.36. The minimum Gasteiger partial charge on any atom is -0.399 e. The lowest BCUT2D eigenvalue weighted by Crippen LogP contribution is -2.41. The fourth-order valence-electron chi connectivity index (χ4n) is 1.80. The van der Waals surface area contributed by atoms with Gasteiger partial charge in [0.2, 0.25) is 0 Å². The summed E-state index contributed by atoms with van der Waals surface area (Å²) >= 11 is 3.20. The Balaban J connectivity index is 2.31. The van der Waals surface area contributed by atoms with Gasteiger partial charge in [0.05, 0.1) is 20.6 Å². The van der Waals surface area contributed by atoms with Gasteiger partial charge in [0.1, 0.15) is 0 Å². The summed E-state index contributed by atoms with van der Waals surface area (Å²) in [5.74, 6) is 0. The average molecular weight is 328 g/mol. The van der Waals surface area contributed by atoms with E-state index < -0.39 is 23.2 Å². The number of nitrogens with zero attached hydrogens (tertiary/aromatic N) is 1. The third-order valence-electron chi connectivity index (χ3n) is 3.69. The van der Waals surface area contributed by atoms with E-state index in [4.69, 9.17) is 9.31 Å². The third kappa shape index (κ3) is 2.54. The van der Waals surface area contributed by atoms with E-state index in [2.05, 4.69) is 15.9 Å². The molecule has 5 nitrogen and oxygen atoms in total. The lowest BCUT2D eigenvalue weighted by Gasteiger charge is -2.32. The van der Waals surface area contributed by atoms with Crippen LogP contribution in [-0.4, -0.2) is 23.2 Å². The third-order valence-corrected chi connectivity index (χ3v) is 4.33. The van der Waals surface area contributed by atoms with Crippen LogP contribution in [0.4, 0.5) is 5.69 Å². The smallest absolute Gasteiger partial charge is 0.399 e. The van der Waals surface area contributed by atoms with E-state index >= 15 is 0 Å². The summed E-state index contributed by atoms with van der Waals surface area (Å²) < 4.78 is 12.2. The van der Waals surface area contributed by atoms with Crippen LogP contribution in [0, 0.1) is 10.1 Å². The molecule has 1 aliphatic rings. The summed E-state index contributed by atoms with van der Waals surface area (Å²) in [4.78, 5) is 10.3. The van der Waals surface area contributed by atoms with Crippen molar-refractivity contribution in [3.05, 3.63) is 32.8 Å². The Kier molecular flexibility index (Phi) is 3.49. The molecule has 7 heteroatoms. The average Bonchev–Trinajstić information content (AvgIpc) is 2.47. The highest BCUT2D eigenvalue weighted by molar-refractivity contribution is 9.10. The van der Waals surface area contributed by atoms with Crippen molar-refractivity contribution in [2.75, 3.05) is 0 Å². The van der Waals surface area contributed by atoms with Crippen LogP contribution in [0.15, 0.2) is 22.7 Å². The first-order chi connectivity index (χ1) is 8.64. The second kappa shape index (κ2) is 4.57. The molecule has 0 aliphatic carbocycles. The van der Waals surface area contributed by atoms with Crippen molar-refractivity contribution in [2.45, 2.75) is 38.9 Å². The number of hydrogen-bond donors (Lipinski definition) is 0. The molecule has 1 saturated heterocycles. The largest absolute Gasteiger partial charge is 0.494 e. The van der Waals surface area contributed by atoms with Gasteiger partial charge in [-0.3, -0.25) is 10.1 Å². The first-order valence-corrected chi connectivity index (χ1v) is 6.73. The normalized spacial score (nSPS) is 20.6. The molecule has 1 aromatic rings. The molecule has 102 valence electrons. The predicted molar refractivity (Wildman–Crippen MR) is 76.5 cm³/mol. The number of nitro groups is 1. The zero-order valence-corrected chi connectivity index (χ0v) is 12.9. The van der Waals surface area contributed by atoms with Gasteiger partial charge in [-0.1, -0.05) is 6.07 Å². The minimum atomic E-state index is -0.512. The number of benzene rings is 1. The summed E-state index contributed by atoms with van der Waals surface area (Å²) in [5, 5.41) is 10.8. The fraction of sp³-hybridized carbons (Fsp3) is 0.500. The molecule has 0 N–H and O–H groups in total. The van der Waals surface area contributed by atoms with E-state index in [9.17, 15) is 10.1 Å². The molecule has 19 heavy (non-hydrogen) atoms. The Morgan fingerprint density at radius 3 is 2.16 bits per heavy atom. The second-order valence-corrected chi connectivity index (χ2v) is 6.41. The number of nitro benzene ring substituents is 1. The van der Waals surface area contributed by atoms with Gasteiger partial charge < -0.3 is 9.31 Å². The molecule has 2 rings (SSSR count). The number of rotatable bonds is 2. The van der Waals surface area contributed by atoms with Crippen LogP contribution in [0.3, 0.4) is 0 Å². The Hall–Kier alpha value is -0.915. The molecule has 1 fully saturated rings. The van der Waals surface area contributed by atoms with Crippen LogP contribution in [0.5, 0.6) is 0 Å². The standard InChI is InChI=1S/C12H15BBrNO4/c1-11(2)12(3,4)19-13(18-11)8-5-6-10(15(16)17)9(14)7-8/h5-7H,1-4H3. The maximum Gasteiger partial charge on any atom is 0.494 e. The van der Waals surface area contributed by atoms with Gasteiger partial charge in [-0.25, -0.2) is 0 Å². The summed E-state index contributed by atoms with van der Waals surface area (Å²) in [7, 11) is -0.512. The zero-order chi connectivity index (χ0) is 14.4.